The third kappa shape index (κ3) is 6.67. The van der Waals surface area contributed by atoms with Crippen LogP contribution in [0.3, 0.4) is 0 Å². The molecule has 1 unspecified atom stereocenters. The topological polar surface area (TPSA) is 6.48 Å². The lowest BCUT2D eigenvalue weighted by Crippen LogP contribution is -2.53. The number of likely N-dealkylation sites (tertiary alicyclic amines) is 1. The molecule has 0 aromatic rings. The molecule has 0 aromatic carbocycles. The zero-order valence-electron chi connectivity index (χ0n) is 16.9. The van der Waals surface area contributed by atoms with Gasteiger partial charge in [0.2, 0.25) is 0 Å². The molecule has 142 valence electrons. The van der Waals surface area contributed by atoms with Crippen LogP contribution in [0.2, 0.25) is 0 Å². The van der Waals surface area contributed by atoms with E-state index in [1.165, 1.54) is 103 Å². The van der Waals surface area contributed by atoms with Gasteiger partial charge in [-0.3, -0.25) is 4.90 Å². The molecule has 0 saturated carbocycles. The molecule has 0 amide bonds. The highest BCUT2D eigenvalue weighted by atomic mass is 15.3. The van der Waals surface area contributed by atoms with Crippen molar-refractivity contribution in [3.8, 4) is 0 Å². The fourth-order valence-corrected chi connectivity index (χ4v) is 4.73. The fraction of sp³-hybridized carbons (Fsp3) is 1.00. The van der Waals surface area contributed by atoms with E-state index in [-0.39, 0.29) is 0 Å². The Morgan fingerprint density at radius 2 is 1.42 bits per heavy atom. The standard InChI is InChI=1S/C22H44N2/c1-4-6-7-8-9-11-17-24-21-14-15-22(24)19-23(18-21)16-12-10-13-20(3)5-2/h20-22H,4-19H2,1-3H3/t20?,21-,22+. The van der Waals surface area contributed by atoms with E-state index in [4.69, 9.17) is 0 Å². The third-order valence-corrected chi connectivity index (χ3v) is 6.60. The molecule has 0 radical (unpaired) electrons. The first-order valence-electron chi connectivity index (χ1n) is 11.2. The molecule has 2 nitrogen and oxygen atoms in total. The number of unbranched alkanes of at least 4 members (excludes halogenated alkanes) is 6. The van der Waals surface area contributed by atoms with Gasteiger partial charge in [0.15, 0.2) is 0 Å². The minimum atomic E-state index is 0.883. The molecule has 0 aromatic heterocycles. The van der Waals surface area contributed by atoms with Crippen LogP contribution in [0.5, 0.6) is 0 Å². The molecule has 3 atom stereocenters. The molecule has 0 aliphatic carbocycles. The second kappa shape index (κ2) is 11.5. The Bertz CT molecular complexity index is 303. The summed E-state index contributed by atoms with van der Waals surface area (Å²) < 4.78 is 0. The van der Waals surface area contributed by atoms with Gasteiger partial charge in [-0.2, -0.15) is 0 Å². The molecular formula is C22H44N2. The molecule has 24 heavy (non-hydrogen) atoms. The minimum Gasteiger partial charge on any atom is -0.300 e. The molecule has 2 rings (SSSR count). The molecule has 2 aliphatic heterocycles. The molecule has 2 aliphatic rings. The predicted octanol–water partition coefficient (Wildman–Crippen LogP) is 5.71. The van der Waals surface area contributed by atoms with E-state index in [0.29, 0.717) is 0 Å². The fourth-order valence-electron chi connectivity index (χ4n) is 4.73. The highest BCUT2D eigenvalue weighted by Gasteiger charge is 2.38. The zero-order chi connectivity index (χ0) is 17.2. The summed E-state index contributed by atoms with van der Waals surface area (Å²) in [5.74, 6) is 0.926. The normalized spacial score (nSPS) is 26.1. The van der Waals surface area contributed by atoms with Crippen LogP contribution in [-0.4, -0.2) is 48.1 Å². The van der Waals surface area contributed by atoms with Crippen LogP contribution in [0.4, 0.5) is 0 Å². The van der Waals surface area contributed by atoms with Gasteiger partial charge in [0.25, 0.3) is 0 Å². The van der Waals surface area contributed by atoms with Crippen molar-refractivity contribution in [1.82, 2.24) is 9.80 Å². The number of hydrogen-bond acceptors (Lipinski definition) is 2. The largest absolute Gasteiger partial charge is 0.300 e. The Morgan fingerprint density at radius 3 is 2.08 bits per heavy atom. The molecule has 2 heteroatoms. The molecule has 0 N–H and O–H groups in total. The Balaban J connectivity index is 1.57. The maximum Gasteiger partial charge on any atom is 0.0227 e. The van der Waals surface area contributed by atoms with Gasteiger partial charge >= 0.3 is 0 Å². The van der Waals surface area contributed by atoms with Gasteiger partial charge in [-0.05, 0) is 44.7 Å². The number of piperazine rings is 1. The second-order valence-electron chi connectivity index (χ2n) is 8.66. The van der Waals surface area contributed by atoms with Gasteiger partial charge < -0.3 is 4.90 Å². The average molecular weight is 337 g/mol. The second-order valence-corrected chi connectivity index (χ2v) is 8.66. The number of rotatable bonds is 13. The van der Waals surface area contributed by atoms with E-state index >= 15 is 0 Å². The Hall–Kier alpha value is -0.0800. The van der Waals surface area contributed by atoms with Crippen molar-refractivity contribution in [2.45, 2.75) is 110 Å². The average Bonchev–Trinajstić information content (AvgIpc) is 2.83. The first-order valence-corrected chi connectivity index (χ1v) is 11.2. The van der Waals surface area contributed by atoms with Gasteiger partial charge in [0.05, 0.1) is 0 Å². The van der Waals surface area contributed by atoms with Crippen LogP contribution in [0, 0.1) is 5.92 Å². The van der Waals surface area contributed by atoms with Crippen LogP contribution >= 0.6 is 0 Å². The summed E-state index contributed by atoms with van der Waals surface area (Å²) in [6, 6.07) is 1.77. The number of nitrogens with zero attached hydrogens (tertiary/aromatic N) is 2. The maximum absolute atomic E-state index is 2.88. The highest BCUT2D eigenvalue weighted by molar-refractivity contribution is 4.95. The van der Waals surface area contributed by atoms with E-state index in [2.05, 4.69) is 30.6 Å². The quantitative estimate of drug-likeness (QED) is 0.397. The predicted molar refractivity (Wildman–Crippen MR) is 107 cm³/mol. The van der Waals surface area contributed by atoms with Gasteiger partial charge in [-0.15, -0.1) is 0 Å². The van der Waals surface area contributed by atoms with Crippen molar-refractivity contribution in [1.29, 1.82) is 0 Å². The molecular weight excluding hydrogens is 292 g/mol. The van der Waals surface area contributed by atoms with Crippen LogP contribution in [0.25, 0.3) is 0 Å². The van der Waals surface area contributed by atoms with E-state index in [9.17, 15) is 0 Å². The SMILES string of the molecule is CCCCCCCCN1[C@@H]2CC[C@H]1CN(CCCCC(C)CC)C2. The van der Waals surface area contributed by atoms with Crippen molar-refractivity contribution < 1.29 is 0 Å². The van der Waals surface area contributed by atoms with E-state index < -0.39 is 0 Å². The van der Waals surface area contributed by atoms with Gasteiger partial charge in [-0.1, -0.05) is 72.1 Å². The summed E-state index contributed by atoms with van der Waals surface area (Å²) in [7, 11) is 0. The summed E-state index contributed by atoms with van der Waals surface area (Å²) in [4.78, 5) is 5.67. The maximum atomic E-state index is 2.88. The van der Waals surface area contributed by atoms with Crippen molar-refractivity contribution in [2.75, 3.05) is 26.2 Å². The first kappa shape index (κ1) is 20.2. The molecule has 0 spiro atoms. The van der Waals surface area contributed by atoms with Crippen molar-refractivity contribution in [2.24, 2.45) is 5.92 Å². The summed E-state index contributed by atoms with van der Waals surface area (Å²) >= 11 is 0. The van der Waals surface area contributed by atoms with E-state index in [1.54, 1.807) is 0 Å². The lowest BCUT2D eigenvalue weighted by molar-refractivity contribution is 0.0643. The summed E-state index contributed by atoms with van der Waals surface area (Å²) in [5.41, 5.74) is 0. The lowest BCUT2D eigenvalue weighted by atomic mass is 10.0. The van der Waals surface area contributed by atoms with E-state index in [0.717, 1.165) is 18.0 Å². The molecule has 2 bridgehead atoms. The van der Waals surface area contributed by atoms with Gasteiger partial charge in [-0.25, -0.2) is 0 Å². The zero-order valence-corrected chi connectivity index (χ0v) is 16.9. The minimum absolute atomic E-state index is 0.883. The molecule has 2 heterocycles. The Morgan fingerprint density at radius 1 is 0.792 bits per heavy atom. The van der Waals surface area contributed by atoms with Gasteiger partial charge in [0, 0.05) is 25.2 Å². The monoisotopic (exact) mass is 336 g/mol. The highest BCUT2D eigenvalue weighted by Crippen LogP contribution is 2.30. The van der Waals surface area contributed by atoms with Crippen molar-refractivity contribution >= 4 is 0 Å². The van der Waals surface area contributed by atoms with Crippen molar-refractivity contribution in [3.05, 3.63) is 0 Å². The summed E-state index contributed by atoms with van der Waals surface area (Å²) in [6.07, 6.45) is 17.2. The van der Waals surface area contributed by atoms with Crippen LogP contribution in [0.15, 0.2) is 0 Å². The molecule has 2 fully saturated rings. The van der Waals surface area contributed by atoms with Crippen LogP contribution in [0.1, 0.15) is 97.8 Å². The Labute approximate surface area is 152 Å². The Kier molecular flexibility index (Phi) is 9.71. The lowest BCUT2D eigenvalue weighted by Gasteiger charge is -2.41. The first-order chi connectivity index (χ1) is 11.7. The van der Waals surface area contributed by atoms with Crippen molar-refractivity contribution in [3.63, 3.8) is 0 Å². The summed E-state index contributed by atoms with van der Waals surface area (Å²) in [6.45, 7) is 12.5. The van der Waals surface area contributed by atoms with E-state index in [1.807, 2.05) is 0 Å². The number of fused-ring (bicyclic) bond motifs is 2. The van der Waals surface area contributed by atoms with Gasteiger partial charge in [0.1, 0.15) is 0 Å². The number of hydrogen-bond donors (Lipinski definition) is 0. The van der Waals surface area contributed by atoms with Crippen LogP contribution < -0.4 is 0 Å². The smallest absolute Gasteiger partial charge is 0.0227 e. The summed E-state index contributed by atoms with van der Waals surface area (Å²) in [5, 5.41) is 0. The molecule has 2 saturated heterocycles. The van der Waals surface area contributed by atoms with Crippen LogP contribution in [-0.2, 0) is 0 Å². The third-order valence-electron chi connectivity index (χ3n) is 6.60.